The topological polar surface area (TPSA) is 65.7 Å². The van der Waals surface area contributed by atoms with Crippen LogP contribution in [0.5, 0.6) is 0 Å². The Morgan fingerprint density at radius 2 is 1.92 bits per heavy atom. The first-order valence-electron chi connectivity index (χ1n) is 9.77. The van der Waals surface area contributed by atoms with Gasteiger partial charge in [0.1, 0.15) is 6.54 Å². The molecule has 2 N–H and O–H groups in total. The van der Waals surface area contributed by atoms with E-state index in [1.54, 1.807) is 0 Å². The SMILES string of the molecule is CCNC(=NCc1cc(C(CC)CC)no1)NCCN(CC)C(C)C. The minimum atomic E-state index is 0.476. The van der Waals surface area contributed by atoms with Gasteiger partial charge in [-0.3, -0.25) is 4.90 Å². The number of aliphatic imine (C=N–C) groups is 1. The first kappa shape index (κ1) is 21.5. The van der Waals surface area contributed by atoms with E-state index >= 15 is 0 Å². The molecule has 0 saturated heterocycles. The van der Waals surface area contributed by atoms with E-state index in [1.807, 2.05) is 6.07 Å². The third-order valence-electron chi connectivity index (χ3n) is 4.55. The molecule has 0 aromatic carbocycles. The Morgan fingerprint density at radius 3 is 2.48 bits per heavy atom. The van der Waals surface area contributed by atoms with Crippen molar-refractivity contribution in [1.82, 2.24) is 20.7 Å². The lowest BCUT2D eigenvalue weighted by atomic mass is 9.99. The molecule has 0 atom stereocenters. The van der Waals surface area contributed by atoms with Crippen molar-refractivity contribution in [1.29, 1.82) is 0 Å². The van der Waals surface area contributed by atoms with Crippen LogP contribution in [-0.2, 0) is 6.54 Å². The van der Waals surface area contributed by atoms with Gasteiger partial charge in [-0.15, -0.1) is 0 Å². The quantitative estimate of drug-likeness (QED) is 0.473. The number of likely N-dealkylation sites (N-methyl/N-ethyl adjacent to an activating group) is 1. The van der Waals surface area contributed by atoms with Crippen molar-refractivity contribution in [2.24, 2.45) is 4.99 Å². The Hall–Kier alpha value is -1.56. The number of nitrogens with zero attached hydrogens (tertiary/aromatic N) is 3. The summed E-state index contributed by atoms with van der Waals surface area (Å²) < 4.78 is 5.45. The average molecular weight is 352 g/mol. The summed E-state index contributed by atoms with van der Waals surface area (Å²) in [5, 5.41) is 10.9. The Morgan fingerprint density at radius 1 is 1.20 bits per heavy atom. The van der Waals surface area contributed by atoms with E-state index in [1.165, 1.54) is 0 Å². The van der Waals surface area contributed by atoms with Gasteiger partial charge in [-0.05, 0) is 40.2 Å². The zero-order chi connectivity index (χ0) is 18.7. The average Bonchev–Trinajstić information content (AvgIpc) is 3.06. The normalized spacial score (nSPS) is 12.4. The van der Waals surface area contributed by atoms with Crippen LogP contribution in [0.15, 0.2) is 15.6 Å². The number of hydrogen-bond acceptors (Lipinski definition) is 4. The fraction of sp³-hybridized carbons (Fsp3) is 0.789. The second-order valence-corrected chi connectivity index (χ2v) is 6.58. The Kier molecular flexibility index (Phi) is 10.2. The van der Waals surface area contributed by atoms with Gasteiger partial charge >= 0.3 is 0 Å². The van der Waals surface area contributed by atoms with Crippen LogP contribution in [0.25, 0.3) is 0 Å². The third kappa shape index (κ3) is 7.46. The second-order valence-electron chi connectivity index (χ2n) is 6.58. The summed E-state index contributed by atoms with van der Waals surface area (Å²) in [6.45, 7) is 17.4. The van der Waals surface area contributed by atoms with Crippen LogP contribution < -0.4 is 10.6 Å². The molecule has 0 radical (unpaired) electrons. The molecule has 0 aliphatic rings. The number of aromatic nitrogens is 1. The van der Waals surface area contributed by atoms with Crippen LogP contribution >= 0.6 is 0 Å². The molecular weight excluding hydrogens is 314 g/mol. The van der Waals surface area contributed by atoms with Crippen molar-refractivity contribution in [3.63, 3.8) is 0 Å². The van der Waals surface area contributed by atoms with Crippen LogP contribution in [0.2, 0.25) is 0 Å². The number of rotatable bonds is 11. The molecule has 0 aliphatic heterocycles. The molecule has 0 unspecified atom stereocenters. The summed E-state index contributed by atoms with van der Waals surface area (Å²) in [5.41, 5.74) is 1.05. The minimum Gasteiger partial charge on any atom is -0.359 e. The van der Waals surface area contributed by atoms with Crippen molar-refractivity contribution in [3.05, 3.63) is 17.5 Å². The van der Waals surface area contributed by atoms with Gasteiger partial charge in [0, 0.05) is 37.7 Å². The van der Waals surface area contributed by atoms with Crippen LogP contribution in [0.1, 0.15) is 71.8 Å². The highest BCUT2D eigenvalue weighted by Crippen LogP contribution is 2.22. The van der Waals surface area contributed by atoms with Gasteiger partial charge in [-0.1, -0.05) is 25.9 Å². The predicted octanol–water partition coefficient (Wildman–Crippen LogP) is 3.36. The van der Waals surface area contributed by atoms with Gasteiger partial charge in [0.15, 0.2) is 11.7 Å². The molecule has 1 aromatic rings. The highest BCUT2D eigenvalue weighted by atomic mass is 16.5. The van der Waals surface area contributed by atoms with Crippen molar-refractivity contribution in [3.8, 4) is 0 Å². The lowest BCUT2D eigenvalue weighted by Crippen LogP contribution is -2.43. The van der Waals surface area contributed by atoms with E-state index in [-0.39, 0.29) is 0 Å². The number of guanidine groups is 1. The molecule has 0 spiro atoms. The van der Waals surface area contributed by atoms with Gasteiger partial charge < -0.3 is 15.2 Å². The van der Waals surface area contributed by atoms with Crippen LogP contribution in [0, 0.1) is 0 Å². The van der Waals surface area contributed by atoms with Crippen LogP contribution in [0.4, 0.5) is 0 Å². The summed E-state index contributed by atoms with van der Waals surface area (Å²) in [5.74, 6) is 2.11. The summed E-state index contributed by atoms with van der Waals surface area (Å²) >= 11 is 0. The van der Waals surface area contributed by atoms with Gasteiger partial charge in [0.2, 0.25) is 0 Å². The summed E-state index contributed by atoms with van der Waals surface area (Å²) in [7, 11) is 0. The standard InChI is InChI=1S/C19H37N5O/c1-7-16(8-2)18-13-17(25-23-18)14-22-19(20-9-3)21-11-12-24(10-4)15(5)6/h13,15-16H,7-12,14H2,1-6H3,(H2,20,21,22). The molecule has 144 valence electrons. The fourth-order valence-electron chi connectivity index (χ4n) is 2.90. The van der Waals surface area contributed by atoms with Crippen molar-refractivity contribution >= 4 is 5.96 Å². The van der Waals surface area contributed by atoms with Crippen molar-refractivity contribution < 1.29 is 4.52 Å². The van der Waals surface area contributed by atoms with E-state index in [4.69, 9.17) is 4.52 Å². The minimum absolute atomic E-state index is 0.476. The highest BCUT2D eigenvalue weighted by molar-refractivity contribution is 5.79. The molecule has 0 amide bonds. The maximum absolute atomic E-state index is 5.45. The lowest BCUT2D eigenvalue weighted by Gasteiger charge is -2.25. The number of nitrogens with one attached hydrogen (secondary N) is 2. The molecule has 0 aliphatic carbocycles. The summed E-state index contributed by atoms with van der Waals surface area (Å²) in [6.07, 6.45) is 2.17. The zero-order valence-electron chi connectivity index (χ0n) is 16.9. The van der Waals surface area contributed by atoms with Crippen LogP contribution in [0.3, 0.4) is 0 Å². The number of hydrogen-bond donors (Lipinski definition) is 2. The fourth-order valence-corrected chi connectivity index (χ4v) is 2.90. The van der Waals surface area contributed by atoms with E-state index in [9.17, 15) is 0 Å². The van der Waals surface area contributed by atoms with E-state index in [0.717, 1.165) is 56.4 Å². The molecule has 1 rings (SSSR count). The molecule has 0 bridgehead atoms. The Balaban J connectivity index is 2.57. The first-order chi connectivity index (χ1) is 12.0. The van der Waals surface area contributed by atoms with Crippen molar-refractivity contribution in [2.75, 3.05) is 26.2 Å². The largest absolute Gasteiger partial charge is 0.359 e. The van der Waals surface area contributed by atoms with Crippen molar-refractivity contribution in [2.45, 2.75) is 72.9 Å². The van der Waals surface area contributed by atoms with Gasteiger partial charge in [-0.2, -0.15) is 0 Å². The Labute approximate surface area is 153 Å². The highest BCUT2D eigenvalue weighted by Gasteiger charge is 2.13. The summed E-state index contributed by atoms with van der Waals surface area (Å²) in [4.78, 5) is 7.04. The summed E-state index contributed by atoms with van der Waals surface area (Å²) in [6, 6.07) is 2.60. The van der Waals surface area contributed by atoms with Crippen LogP contribution in [-0.4, -0.2) is 48.2 Å². The molecule has 6 nitrogen and oxygen atoms in total. The lowest BCUT2D eigenvalue weighted by molar-refractivity contribution is 0.237. The maximum atomic E-state index is 5.45. The molecule has 0 saturated carbocycles. The molecule has 0 fully saturated rings. The van der Waals surface area contributed by atoms with E-state index in [0.29, 0.717) is 18.5 Å². The maximum Gasteiger partial charge on any atom is 0.191 e. The first-order valence-corrected chi connectivity index (χ1v) is 9.77. The second kappa shape index (κ2) is 11.9. The smallest absolute Gasteiger partial charge is 0.191 e. The van der Waals surface area contributed by atoms with Gasteiger partial charge in [0.25, 0.3) is 0 Å². The van der Waals surface area contributed by atoms with Gasteiger partial charge in [-0.25, -0.2) is 4.99 Å². The molecule has 25 heavy (non-hydrogen) atoms. The Bertz CT molecular complexity index is 494. The zero-order valence-corrected chi connectivity index (χ0v) is 16.9. The van der Waals surface area contributed by atoms with E-state index in [2.05, 4.69) is 67.2 Å². The van der Waals surface area contributed by atoms with Gasteiger partial charge in [0.05, 0.1) is 5.69 Å². The molecule has 1 heterocycles. The predicted molar refractivity (Wildman–Crippen MR) is 105 cm³/mol. The molecule has 6 heteroatoms. The van der Waals surface area contributed by atoms with E-state index < -0.39 is 0 Å². The monoisotopic (exact) mass is 351 g/mol. The molecule has 1 aromatic heterocycles. The molecular formula is C19H37N5O. The third-order valence-corrected chi connectivity index (χ3v) is 4.55.